The van der Waals surface area contributed by atoms with Crippen molar-refractivity contribution in [3.8, 4) is 0 Å². The molecule has 0 bridgehead atoms. The second kappa shape index (κ2) is 20.5. The van der Waals surface area contributed by atoms with E-state index in [4.69, 9.17) is 0 Å². The number of rotatable bonds is 20. The van der Waals surface area contributed by atoms with Gasteiger partial charge in [0.1, 0.15) is 18.1 Å². The zero-order valence-corrected chi connectivity index (χ0v) is 31.4. The fraction of sp³-hybridized carbons (Fsp3) is 0.632. The van der Waals surface area contributed by atoms with E-state index in [9.17, 15) is 29.2 Å². The standard InChI is InChI=1S/C38H60N6O6/c1-10-15-30(36(47)40-27(22-23(4)5)19-18-26(9)34(45)42-32(24(6)7)37(48)39-12-3)41-38(49)33(25(8)11-2)43-35(46)29-20-21-44(50)31-17-14-13-16-28(29)31/h13-14,16-17,20-21,23-27,30,32-33H,10-12,15,18-19,22H2,1-9H3,(H,39,48)(H,40,47)(H,41,49)(H,42,45)(H,43,46)/t25-,26+,27+,30-,32-,33-/m0/s1. The summed E-state index contributed by atoms with van der Waals surface area (Å²) in [5, 5.41) is 27.3. The van der Waals surface area contributed by atoms with E-state index in [0.717, 1.165) is 0 Å². The van der Waals surface area contributed by atoms with Crippen LogP contribution < -0.4 is 31.3 Å². The lowest BCUT2D eigenvalue weighted by atomic mass is 9.94. The molecular formula is C38H60N6O6. The number of nitrogens with zero attached hydrogens (tertiary/aromatic N) is 1. The monoisotopic (exact) mass is 696 g/mol. The van der Waals surface area contributed by atoms with Crippen LogP contribution >= 0.6 is 0 Å². The number of para-hydroxylation sites is 1. The molecule has 0 aliphatic carbocycles. The third-order valence-electron chi connectivity index (χ3n) is 9.14. The highest BCUT2D eigenvalue weighted by Crippen LogP contribution is 2.18. The minimum absolute atomic E-state index is 0.0750. The van der Waals surface area contributed by atoms with Gasteiger partial charge in [0, 0.05) is 30.6 Å². The number of amides is 5. The Balaban J connectivity index is 2.16. The minimum atomic E-state index is -0.919. The van der Waals surface area contributed by atoms with Crippen LogP contribution in [0.15, 0.2) is 36.5 Å². The van der Waals surface area contributed by atoms with Gasteiger partial charge in [0.15, 0.2) is 6.20 Å². The Labute approximate surface area is 297 Å². The van der Waals surface area contributed by atoms with Gasteiger partial charge in [0.2, 0.25) is 29.1 Å². The lowest BCUT2D eigenvalue weighted by molar-refractivity contribution is -0.577. The molecule has 0 fully saturated rings. The SMILES string of the molecule is CCC[C@H](NC(=O)[C@@H](NC(=O)c1cc[n+]([O-])c2ccccc12)[C@@H](C)CC)C(=O)N[C@H](CC[C@@H](C)C(=O)N[C@H](C(=O)NCC)C(C)C)CC(C)C. The molecule has 5 N–H and O–H groups in total. The maximum atomic E-state index is 13.8. The first-order valence-corrected chi connectivity index (χ1v) is 18.2. The van der Waals surface area contributed by atoms with Gasteiger partial charge in [-0.05, 0) is 56.4 Å². The molecule has 1 aromatic heterocycles. The first-order valence-electron chi connectivity index (χ1n) is 18.2. The summed E-state index contributed by atoms with van der Waals surface area (Å²) in [6.45, 7) is 17.7. The summed E-state index contributed by atoms with van der Waals surface area (Å²) in [5.74, 6) is -2.12. The second-order valence-corrected chi connectivity index (χ2v) is 14.2. The van der Waals surface area contributed by atoms with E-state index in [-0.39, 0.29) is 53.0 Å². The van der Waals surface area contributed by atoms with E-state index >= 15 is 0 Å². The number of carbonyl (C=O) groups excluding carboxylic acids is 5. The fourth-order valence-electron chi connectivity index (χ4n) is 5.96. The Bertz CT molecular complexity index is 1450. The van der Waals surface area contributed by atoms with Crippen molar-refractivity contribution in [1.29, 1.82) is 0 Å². The molecule has 0 saturated heterocycles. The molecule has 0 aliphatic heterocycles. The van der Waals surface area contributed by atoms with Crippen LogP contribution in [0.1, 0.15) is 111 Å². The van der Waals surface area contributed by atoms with Gasteiger partial charge in [0.05, 0.1) is 10.9 Å². The zero-order valence-electron chi connectivity index (χ0n) is 31.4. The van der Waals surface area contributed by atoms with Crippen molar-refractivity contribution in [3.63, 3.8) is 0 Å². The van der Waals surface area contributed by atoms with Crippen LogP contribution in [0.2, 0.25) is 0 Å². The molecule has 0 spiro atoms. The first kappa shape index (κ1) is 41.9. The van der Waals surface area contributed by atoms with Crippen LogP contribution in [-0.2, 0) is 19.2 Å². The van der Waals surface area contributed by atoms with Crippen LogP contribution in [0.3, 0.4) is 0 Å². The molecule has 0 radical (unpaired) electrons. The van der Waals surface area contributed by atoms with Crippen LogP contribution in [0, 0.1) is 28.9 Å². The third kappa shape index (κ3) is 12.3. The van der Waals surface area contributed by atoms with Crippen molar-refractivity contribution in [3.05, 3.63) is 47.3 Å². The summed E-state index contributed by atoms with van der Waals surface area (Å²) in [6, 6.07) is 5.60. The zero-order chi connectivity index (χ0) is 37.5. The highest BCUT2D eigenvalue weighted by atomic mass is 16.5. The number of aromatic nitrogens is 1. The van der Waals surface area contributed by atoms with Crippen molar-refractivity contribution >= 4 is 40.4 Å². The van der Waals surface area contributed by atoms with Crippen molar-refractivity contribution < 1.29 is 28.7 Å². The number of benzene rings is 1. The number of fused-ring (bicyclic) bond motifs is 1. The summed E-state index contributed by atoms with van der Waals surface area (Å²) < 4.78 is 0.692. The van der Waals surface area contributed by atoms with Gasteiger partial charge in [-0.3, -0.25) is 24.0 Å². The van der Waals surface area contributed by atoms with Crippen LogP contribution in [0.25, 0.3) is 10.9 Å². The number of hydrogen-bond acceptors (Lipinski definition) is 6. The molecular weight excluding hydrogens is 636 g/mol. The quantitative estimate of drug-likeness (QED) is 0.103. The lowest BCUT2D eigenvalue weighted by Gasteiger charge is -2.28. The van der Waals surface area contributed by atoms with Gasteiger partial charge in [-0.25, -0.2) is 0 Å². The fourth-order valence-corrected chi connectivity index (χ4v) is 5.96. The van der Waals surface area contributed by atoms with Crippen LogP contribution in [0.5, 0.6) is 0 Å². The number of carbonyl (C=O) groups is 5. The van der Waals surface area contributed by atoms with Gasteiger partial charge in [-0.15, -0.1) is 0 Å². The van der Waals surface area contributed by atoms with Gasteiger partial charge >= 0.3 is 0 Å². The number of pyridine rings is 1. The molecule has 12 nitrogen and oxygen atoms in total. The van der Waals surface area contributed by atoms with Crippen molar-refractivity contribution in [2.75, 3.05) is 6.54 Å². The third-order valence-corrected chi connectivity index (χ3v) is 9.14. The Kier molecular flexibility index (Phi) is 17.2. The average Bonchev–Trinajstić information content (AvgIpc) is 3.07. The molecule has 1 heterocycles. The molecule has 278 valence electrons. The number of hydrogen-bond donors (Lipinski definition) is 5. The Morgan fingerprint density at radius 3 is 2.02 bits per heavy atom. The molecule has 5 amide bonds. The van der Waals surface area contributed by atoms with Gasteiger partial charge in [-0.2, -0.15) is 4.73 Å². The second-order valence-electron chi connectivity index (χ2n) is 14.2. The summed E-state index contributed by atoms with van der Waals surface area (Å²) in [6.07, 6.45) is 4.62. The summed E-state index contributed by atoms with van der Waals surface area (Å²) in [5.41, 5.74) is 0.620. The van der Waals surface area contributed by atoms with Crippen LogP contribution in [-0.4, -0.2) is 60.2 Å². The van der Waals surface area contributed by atoms with Gasteiger partial charge in [0.25, 0.3) is 5.91 Å². The number of nitrogens with one attached hydrogen (secondary N) is 5. The topological polar surface area (TPSA) is 172 Å². The molecule has 50 heavy (non-hydrogen) atoms. The molecule has 2 aromatic rings. The highest BCUT2D eigenvalue weighted by molar-refractivity contribution is 6.06. The average molecular weight is 697 g/mol. The molecule has 2 rings (SSSR count). The van der Waals surface area contributed by atoms with E-state index in [1.165, 1.54) is 12.3 Å². The predicted octanol–water partition coefficient (Wildman–Crippen LogP) is 4.13. The summed E-state index contributed by atoms with van der Waals surface area (Å²) in [4.78, 5) is 66.5. The molecule has 0 saturated carbocycles. The Morgan fingerprint density at radius 1 is 0.740 bits per heavy atom. The smallest absolute Gasteiger partial charge is 0.253 e. The highest BCUT2D eigenvalue weighted by Gasteiger charge is 2.32. The summed E-state index contributed by atoms with van der Waals surface area (Å²) in [7, 11) is 0. The largest absolute Gasteiger partial charge is 0.618 e. The summed E-state index contributed by atoms with van der Waals surface area (Å²) >= 11 is 0. The van der Waals surface area contributed by atoms with Crippen LogP contribution in [0.4, 0.5) is 0 Å². The minimum Gasteiger partial charge on any atom is -0.618 e. The van der Waals surface area contributed by atoms with Crippen molar-refractivity contribution in [1.82, 2.24) is 26.6 Å². The molecule has 12 heteroatoms. The van der Waals surface area contributed by atoms with Gasteiger partial charge < -0.3 is 31.8 Å². The predicted molar refractivity (Wildman–Crippen MR) is 196 cm³/mol. The van der Waals surface area contributed by atoms with E-state index in [1.807, 2.05) is 48.5 Å². The molecule has 0 unspecified atom stereocenters. The number of likely N-dealkylation sites (N-methyl/N-ethyl adjacent to an activating group) is 1. The normalized spacial score (nSPS) is 15.0. The molecule has 1 aromatic carbocycles. The molecule has 0 aliphatic rings. The van der Waals surface area contributed by atoms with E-state index < -0.39 is 29.9 Å². The maximum absolute atomic E-state index is 13.8. The Hall–Kier alpha value is -4.22. The van der Waals surface area contributed by atoms with Crippen molar-refractivity contribution in [2.24, 2.45) is 23.7 Å². The first-order chi connectivity index (χ1) is 23.6. The van der Waals surface area contributed by atoms with Crippen molar-refractivity contribution in [2.45, 2.75) is 125 Å². The van der Waals surface area contributed by atoms with Gasteiger partial charge in [-0.1, -0.05) is 80.4 Å². The van der Waals surface area contributed by atoms with E-state index in [0.29, 0.717) is 60.7 Å². The lowest BCUT2D eigenvalue weighted by Crippen LogP contribution is -2.56. The van der Waals surface area contributed by atoms with E-state index in [2.05, 4.69) is 40.4 Å². The maximum Gasteiger partial charge on any atom is 0.253 e. The molecule has 6 atom stereocenters. The van der Waals surface area contributed by atoms with E-state index in [1.54, 1.807) is 24.3 Å². The Morgan fingerprint density at radius 2 is 1.42 bits per heavy atom.